The van der Waals surface area contributed by atoms with Crippen LogP contribution in [0.2, 0.25) is 0 Å². The van der Waals surface area contributed by atoms with Crippen molar-refractivity contribution in [3.63, 3.8) is 0 Å². The number of anilines is 1. The molecule has 7 heteroatoms. The number of amides is 1. The predicted octanol–water partition coefficient (Wildman–Crippen LogP) is 5.52. The topological polar surface area (TPSA) is 38.3 Å². The summed E-state index contributed by atoms with van der Waals surface area (Å²) in [6.45, 7) is 0. The van der Waals surface area contributed by atoms with E-state index >= 15 is 0 Å². The number of benzene rings is 2. The van der Waals surface area contributed by atoms with Crippen LogP contribution in [0.1, 0.15) is 10.4 Å². The summed E-state index contributed by atoms with van der Waals surface area (Å²) in [4.78, 5) is 13.1. The average molecular weight is 496 g/mol. The van der Waals surface area contributed by atoms with Gasteiger partial charge in [-0.05, 0) is 72.1 Å². The second kappa shape index (κ2) is 7.17. The molecule has 3 nitrogen and oxygen atoms in total. The Bertz CT molecular complexity index is 707. The summed E-state index contributed by atoms with van der Waals surface area (Å²) in [6.07, 6.45) is 0. The van der Waals surface area contributed by atoms with Gasteiger partial charge in [-0.2, -0.15) is 0 Å². The molecule has 21 heavy (non-hydrogen) atoms. The van der Waals surface area contributed by atoms with Gasteiger partial charge in [-0.15, -0.1) is 12.6 Å². The van der Waals surface area contributed by atoms with Crippen molar-refractivity contribution in [2.45, 2.75) is 4.90 Å². The molecule has 0 fully saturated rings. The molecule has 1 amide bonds. The Hall–Kier alpha value is -0.500. The zero-order valence-corrected chi connectivity index (χ0v) is 16.4. The fourth-order valence-electron chi connectivity index (χ4n) is 1.66. The fraction of sp³-hybridized carbons (Fsp3) is 0.0714. The number of hydrogen-bond donors (Lipinski definition) is 2. The minimum atomic E-state index is -0.233. The largest absolute Gasteiger partial charge is 0.495 e. The molecule has 0 spiro atoms. The maximum atomic E-state index is 12.4. The maximum Gasteiger partial charge on any atom is 0.256 e. The van der Waals surface area contributed by atoms with Crippen molar-refractivity contribution < 1.29 is 9.53 Å². The number of carbonyl (C=O) groups is 1. The molecular formula is C14H10Br3NO2S. The van der Waals surface area contributed by atoms with Gasteiger partial charge in [0.2, 0.25) is 0 Å². The lowest BCUT2D eigenvalue weighted by Gasteiger charge is -2.12. The molecule has 0 heterocycles. The zero-order chi connectivity index (χ0) is 15.6. The molecule has 2 aromatic rings. The van der Waals surface area contributed by atoms with E-state index in [2.05, 4.69) is 65.7 Å². The number of rotatable bonds is 3. The first kappa shape index (κ1) is 16.9. The van der Waals surface area contributed by atoms with Crippen LogP contribution in [-0.4, -0.2) is 13.0 Å². The monoisotopic (exact) mass is 493 g/mol. The Labute approximate surface area is 153 Å². The van der Waals surface area contributed by atoms with Gasteiger partial charge in [-0.25, -0.2) is 0 Å². The molecule has 0 unspecified atom stereocenters. The van der Waals surface area contributed by atoms with E-state index in [0.717, 1.165) is 13.8 Å². The molecule has 2 aromatic carbocycles. The summed E-state index contributed by atoms with van der Waals surface area (Å²) < 4.78 is 7.49. The third-order valence-electron chi connectivity index (χ3n) is 2.68. The van der Waals surface area contributed by atoms with Crippen molar-refractivity contribution in [1.29, 1.82) is 0 Å². The second-order valence-corrected chi connectivity index (χ2v) is 7.16. The molecule has 0 saturated carbocycles. The third-order valence-corrected chi connectivity index (χ3v) is 4.93. The normalized spacial score (nSPS) is 10.3. The highest BCUT2D eigenvalue weighted by atomic mass is 79.9. The van der Waals surface area contributed by atoms with E-state index in [1.165, 1.54) is 0 Å². The quantitative estimate of drug-likeness (QED) is 0.550. The second-order valence-electron chi connectivity index (χ2n) is 4.08. The summed E-state index contributed by atoms with van der Waals surface area (Å²) in [5.74, 6) is 0.401. The highest BCUT2D eigenvalue weighted by Crippen LogP contribution is 2.35. The summed E-state index contributed by atoms with van der Waals surface area (Å²) in [5.41, 5.74) is 1.13. The van der Waals surface area contributed by atoms with Crippen LogP contribution in [0.5, 0.6) is 5.75 Å². The lowest BCUT2D eigenvalue weighted by molar-refractivity contribution is 0.102. The first-order chi connectivity index (χ1) is 9.92. The molecule has 2 rings (SSSR count). The smallest absolute Gasteiger partial charge is 0.256 e. The number of thiol groups is 1. The Morgan fingerprint density at radius 3 is 2.48 bits per heavy atom. The number of ether oxygens (including phenoxy) is 1. The van der Waals surface area contributed by atoms with Gasteiger partial charge >= 0.3 is 0 Å². The fourth-order valence-corrected chi connectivity index (χ4v) is 3.54. The Morgan fingerprint density at radius 2 is 1.81 bits per heavy atom. The molecule has 0 aromatic heterocycles. The van der Waals surface area contributed by atoms with E-state index in [0.29, 0.717) is 21.5 Å². The summed E-state index contributed by atoms with van der Waals surface area (Å²) >= 11 is 14.4. The number of methoxy groups -OCH3 is 1. The van der Waals surface area contributed by atoms with E-state index in [4.69, 9.17) is 4.74 Å². The van der Waals surface area contributed by atoms with Crippen molar-refractivity contribution >= 4 is 72.0 Å². The summed E-state index contributed by atoms with van der Waals surface area (Å²) in [5, 5.41) is 2.85. The van der Waals surface area contributed by atoms with E-state index in [1.54, 1.807) is 25.3 Å². The van der Waals surface area contributed by atoms with Crippen LogP contribution in [0.15, 0.2) is 48.6 Å². The van der Waals surface area contributed by atoms with Gasteiger partial charge in [-0.3, -0.25) is 4.79 Å². The Balaban J connectivity index is 2.33. The third kappa shape index (κ3) is 4.03. The van der Waals surface area contributed by atoms with Crippen molar-refractivity contribution in [2.24, 2.45) is 0 Å². The summed E-state index contributed by atoms with van der Waals surface area (Å²) in [6, 6.07) is 8.85. The molecule has 0 aliphatic heterocycles. The van der Waals surface area contributed by atoms with Gasteiger partial charge in [0, 0.05) is 19.9 Å². The van der Waals surface area contributed by atoms with Crippen molar-refractivity contribution in [3.05, 3.63) is 49.3 Å². The number of carbonyl (C=O) groups excluding carboxylic acids is 1. The van der Waals surface area contributed by atoms with Gasteiger partial charge in [0.15, 0.2) is 0 Å². The lowest BCUT2D eigenvalue weighted by Crippen LogP contribution is -2.13. The highest BCUT2D eigenvalue weighted by Gasteiger charge is 2.14. The first-order valence-electron chi connectivity index (χ1n) is 5.75. The predicted molar refractivity (Wildman–Crippen MR) is 97.7 cm³/mol. The van der Waals surface area contributed by atoms with Crippen LogP contribution in [0.25, 0.3) is 0 Å². The summed E-state index contributed by atoms with van der Waals surface area (Å²) in [7, 11) is 1.57. The van der Waals surface area contributed by atoms with Crippen molar-refractivity contribution in [2.75, 3.05) is 12.4 Å². The first-order valence-corrected chi connectivity index (χ1v) is 8.58. The van der Waals surface area contributed by atoms with Crippen LogP contribution < -0.4 is 10.1 Å². The highest BCUT2D eigenvalue weighted by molar-refractivity contribution is 9.11. The van der Waals surface area contributed by atoms with Crippen molar-refractivity contribution in [3.8, 4) is 5.75 Å². The molecule has 0 aliphatic carbocycles. The number of hydrogen-bond acceptors (Lipinski definition) is 3. The number of halogens is 3. The van der Waals surface area contributed by atoms with E-state index in [1.807, 2.05) is 12.1 Å². The van der Waals surface area contributed by atoms with Crippen LogP contribution in [-0.2, 0) is 0 Å². The zero-order valence-electron chi connectivity index (χ0n) is 10.8. The minimum absolute atomic E-state index is 0.233. The van der Waals surface area contributed by atoms with E-state index < -0.39 is 0 Å². The standard InChI is InChI=1S/C14H10Br3NO2S/c1-20-13-6-12(10(16)5-11(13)17)18-14(19)8-4-7(21)2-3-9(8)15/h2-6,21H,1H3,(H,18,19). The molecule has 0 saturated heterocycles. The van der Waals surface area contributed by atoms with Gasteiger partial charge < -0.3 is 10.1 Å². The molecule has 0 bridgehead atoms. The van der Waals surface area contributed by atoms with Crippen LogP contribution >= 0.6 is 60.4 Å². The van der Waals surface area contributed by atoms with E-state index in [9.17, 15) is 4.79 Å². The van der Waals surface area contributed by atoms with E-state index in [-0.39, 0.29) is 5.91 Å². The molecular weight excluding hydrogens is 486 g/mol. The SMILES string of the molecule is COc1cc(NC(=O)c2cc(S)ccc2Br)c(Br)cc1Br. The lowest BCUT2D eigenvalue weighted by atomic mass is 10.2. The van der Waals surface area contributed by atoms with Crippen LogP contribution in [0.4, 0.5) is 5.69 Å². The van der Waals surface area contributed by atoms with Crippen LogP contribution in [0, 0.1) is 0 Å². The molecule has 0 atom stereocenters. The molecule has 1 N–H and O–H groups in total. The van der Waals surface area contributed by atoms with Gasteiger partial charge in [0.05, 0.1) is 22.8 Å². The molecule has 110 valence electrons. The van der Waals surface area contributed by atoms with Crippen molar-refractivity contribution in [1.82, 2.24) is 0 Å². The number of nitrogens with one attached hydrogen (secondary N) is 1. The van der Waals surface area contributed by atoms with Gasteiger partial charge in [0.25, 0.3) is 5.91 Å². The Kier molecular flexibility index (Phi) is 5.76. The van der Waals surface area contributed by atoms with Gasteiger partial charge in [0.1, 0.15) is 5.75 Å². The van der Waals surface area contributed by atoms with Gasteiger partial charge in [-0.1, -0.05) is 0 Å². The average Bonchev–Trinajstić information content (AvgIpc) is 2.44. The van der Waals surface area contributed by atoms with Crippen LogP contribution in [0.3, 0.4) is 0 Å². The Morgan fingerprint density at radius 1 is 1.10 bits per heavy atom. The maximum absolute atomic E-state index is 12.4. The minimum Gasteiger partial charge on any atom is -0.495 e. The molecule has 0 radical (unpaired) electrons. The molecule has 0 aliphatic rings.